The maximum atomic E-state index is 13.5. The highest BCUT2D eigenvalue weighted by Crippen LogP contribution is 2.52. The smallest absolute Gasteiger partial charge is 0.308 e. The molecule has 2 saturated carbocycles. The lowest BCUT2D eigenvalue weighted by molar-refractivity contribution is -0.158. The fraction of sp³-hybridized carbons (Fsp3) is 0.516. The second-order valence-corrected chi connectivity index (χ2v) is 11.4. The molecule has 0 aromatic heterocycles. The molecule has 2 aromatic carbocycles. The van der Waals surface area contributed by atoms with Gasteiger partial charge in [0, 0.05) is 63.3 Å². The molecule has 3 aliphatic rings. The maximum absolute atomic E-state index is 13.5. The fourth-order valence-corrected chi connectivity index (χ4v) is 6.68. The van der Waals surface area contributed by atoms with Gasteiger partial charge in [0.2, 0.25) is 0 Å². The van der Waals surface area contributed by atoms with E-state index in [-0.39, 0.29) is 41.3 Å². The molecule has 1 heterocycles. The van der Waals surface area contributed by atoms with Gasteiger partial charge in [0.05, 0.1) is 0 Å². The number of esters is 2. The van der Waals surface area contributed by atoms with Gasteiger partial charge in [-0.15, -0.1) is 0 Å². The van der Waals surface area contributed by atoms with Gasteiger partial charge in [0.25, 0.3) is 5.91 Å². The van der Waals surface area contributed by atoms with Crippen LogP contribution >= 0.6 is 0 Å². The van der Waals surface area contributed by atoms with E-state index < -0.39 is 0 Å². The zero-order valence-corrected chi connectivity index (χ0v) is 22.6. The van der Waals surface area contributed by atoms with E-state index in [1.165, 1.54) is 26.7 Å². The molecule has 0 bridgehead atoms. The first-order chi connectivity index (χ1) is 18.2. The van der Waals surface area contributed by atoms with Crippen molar-refractivity contribution >= 4 is 17.8 Å². The number of benzene rings is 2. The Morgan fingerprint density at radius 2 is 1.79 bits per heavy atom. The molecule has 5 rings (SSSR count). The lowest BCUT2D eigenvalue weighted by Gasteiger charge is -2.56. The Morgan fingerprint density at radius 1 is 1.03 bits per heavy atom. The monoisotopic (exact) mass is 518 g/mol. The standard InChI is InChI=1S/C31H38N2O5/c1-21(34)37-27-11-7-10-25(16-27)31-14-15-33(19-23-12-13-23)20-28(31)29(38-22(2)35)17-26(18-31)32(3)30(36)24-8-5-4-6-9-24/h4-11,16,23,26,28-29H,12-15,17-20H2,1-3H3. The van der Waals surface area contributed by atoms with Crippen molar-refractivity contribution in [3.05, 3.63) is 65.7 Å². The fourth-order valence-electron chi connectivity index (χ4n) is 6.68. The zero-order chi connectivity index (χ0) is 26.9. The van der Waals surface area contributed by atoms with Crippen LogP contribution in [0, 0.1) is 11.8 Å². The second-order valence-electron chi connectivity index (χ2n) is 11.4. The van der Waals surface area contributed by atoms with E-state index in [9.17, 15) is 14.4 Å². The topological polar surface area (TPSA) is 76.2 Å². The molecule has 38 heavy (non-hydrogen) atoms. The Balaban J connectivity index is 1.52. The molecule has 4 unspecified atom stereocenters. The second kappa shape index (κ2) is 10.9. The third-order valence-corrected chi connectivity index (χ3v) is 8.68. The Bertz CT molecular complexity index is 1180. The molecule has 0 N–H and O–H groups in total. The molecule has 0 radical (unpaired) electrons. The minimum absolute atomic E-state index is 0.0365. The molecule has 2 aliphatic carbocycles. The molecule has 1 amide bonds. The molecular weight excluding hydrogens is 480 g/mol. The zero-order valence-electron chi connectivity index (χ0n) is 22.6. The van der Waals surface area contributed by atoms with Gasteiger partial charge in [-0.05, 0) is 68.0 Å². The number of likely N-dealkylation sites (tertiary alicyclic amines) is 1. The number of hydrogen-bond donors (Lipinski definition) is 0. The van der Waals surface area contributed by atoms with Crippen LogP contribution in [0.3, 0.4) is 0 Å². The third kappa shape index (κ3) is 5.63. The minimum atomic E-state index is -0.358. The predicted molar refractivity (Wildman–Crippen MR) is 144 cm³/mol. The van der Waals surface area contributed by atoms with Crippen molar-refractivity contribution in [2.45, 2.75) is 63.5 Å². The lowest BCUT2D eigenvalue weighted by atomic mass is 9.56. The molecule has 0 spiro atoms. The van der Waals surface area contributed by atoms with Crippen molar-refractivity contribution in [1.82, 2.24) is 9.80 Å². The van der Waals surface area contributed by atoms with Gasteiger partial charge in [0.15, 0.2) is 0 Å². The summed E-state index contributed by atoms with van der Waals surface area (Å²) in [6, 6.07) is 17.0. The Labute approximate surface area is 225 Å². The Hall–Kier alpha value is -3.19. The Morgan fingerprint density at radius 3 is 2.47 bits per heavy atom. The van der Waals surface area contributed by atoms with Crippen LogP contribution in [0.4, 0.5) is 0 Å². The Kier molecular flexibility index (Phi) is 7.57. The summed E-state index contributed by atoms with van der Waals surface area (Å²) in [4.78, 5) is 41.9. The van der Waals surface area contributed by atoms with Crippen LogP contribution in [-0.2, 0) is 19.7 Å². The average Bonchev–Trinajstić information content (AvgIpc) is 3.72. The quantitative estimate of drug-likeness (QED) is 0.398. The number of nitrogens with zero attached hydrogens (tertiary/aromatic N) is 2. The summed E-state index contributed by atoms with van der Waals surface area (Å²) in [6.07, 6.45) is 4.50. The molecule has 1 saturated heterocycles. The van der Waals surface area contributed by atoms with Gasteiger partial charge < -0.3 is 19.3 Å². The molecule has 3 fully saturated rings. The first-order valence-electron chi connectivity index (χ1n) is 13.8. The SMILES string of the molecule is CC(=O)Oc1cccc(C23CCN(CC4CC4)CC2C(OC(C)=O)CC(N(C)C(=O)c2ccccc2)C3)c1. The predicted octanol–water partition coefficient (Wildman–Crippen LogP) is 4.45. The summed E-state index contributed by atoms with van der Waals surface area (Å²) in [5, 5.41) is 0. The number of carbonyl (C=O) groups is 3. The van der Waals surface area contributed by atoms with Crippen LogP contribution in [0.2, 0.25) is 0 Å². The van der Waals surface area contributed by atoms with Crippen LogP contribution < -0.4 is 4.74 Å². The molecule has 4 atom stereocenters. The first kappa shape index (κ1) is 26.4. The molecule has 7 nitrogen and oxygen atoms in total. The number of rotatable bonds is 7. The van der Waals surface area contributed by atoms with Crippen molar-refractivity contribution in [1.29, 1.82) is 0 Å². The van der Waals surface area contributed by atoms with Crippen LogP contribution in [0.5, 0.6) is 5.75 Å². The van der Waals surface area contributed by atoms with Gasteiger partial charge >= 0.3 is 11.9 Å². The summed E-state index contributed by atoms with van der Waals surface area (Å²) in [7, 11) is 1.86. The van der Waals surface area contributed by atoms with E-state index >= 15 is 0 Å². The van der Waals surface area contributed by atoms with E-state index in [2.05, 4.69) is 11.0 Å². The maximum Gasteiger partial charge on any atom is 0.308 e. The van der Waals surface area contributed by atoms with Crippen molar-refractivity contribution in [2.75, 3.05) is 26.7 Å². The van der Waals surface area contributed by atoms with Gasteiger partial charge in [-0.1, -0.05) is 30.3 Å². The van der Waals surface area contributed by atoms with Crippen LogP contribution in [0.15, 0.2) is 54.6 Å². The molecule has 1 aliphatic heterocycles. The van der Waals surface area contributed by atoms with Crippen molar-refractivity contribution in [3.8, 4) is 5.75 Å². The minimum Gasteiger partial charge on any atom is -0.462 e. The molecule has 202 valence electrons. The van der Waals surface area contributed by atoms with Gasteiger partial charge in [-0.2, -0.15) is 0 Å². The third-order valence-electron chi connectivity index (χ3n) is 8.68. The van der Waals surface area contributed by atoms with Crippen molar-refractivity contribution in [2.24, 2.45) is 11.8 Å². The molecule has 7 heteroatoms. The van der Waals surface area contributed by atoms with E-state index in [1.807, 2.05) is 54.4 Å². The largest absolute Gasteiger partial charge is 0.462 e. The highest BCUT2D eigenvalue weighted by molar-refractivity contribution is 5.94. The number of fused-ring (bicyclic) bond motifs is 1. The van der Waals surface area contributed by atoms with E-state index in [1.54, 1.807) is 6.07 Å². The van der Waals surface area contributed by atoms with Gasteiger partial charge in [0.1, 0.15) is 11.9 Å². The van der Waals surface area contributed by atoms with Crippen LogP contribution in [0.25, 0.3) is 0 Å². The van der Waals surface area contributed by atoms with Crippen LogP contribution in [0.1, 0.15) is 61.9 Å². The summed E-state index contributed by atoms with van der Waals surface area (Å²) < 4.78 is 11.5. The van der Waals surface area contributed by atoms with Gasteiger partial charge in [-0.3, -0.25) is 14.4 Å². The molecule has 2 aromatic rings. The van der Waals surface area contributed by atoms with E-state index in [0.717, 1.165) is 44.0 Å². The number of amides is 1. The van der Waals surface area contributed by atoms with Gasteiger partial charge in [-0.25, -0.2) is 0 Å². The van der Waals surface area contributed by atoms with E-state index in [0.29, 0.717) is 17.7 Å². The van der Waals surface area contributed by atoms with Crippen LogP contribution in [-0.4, -0.2) is 66.5 Å². The van der Waals surface area contributed by atoms with Crippen molar-refractivity contribution in [3.63, 3.8) is 0 Å². The highest BCUT2D eigenvalue weighted by Gasteiger charge is 2.54. The number of carbonyl (C=O) groups excluding carboxylic acids is 3. The van der Waals surface area contributed by atoms with Crippen molar-refractivity contribution < 1.29 is 23.9 Å². The number of piperidine rings is 1. The lowest BCUT2D eigenvalue weighted by Crippen LogP contribution is -2.62. The number of hydrogen-bond acceptors (Lipinski definition) is 6. The molecular formula is C31H38N2O5. The van der Waals surface area contributed by atoms with E-state index in [4.69, 9.17) is 9.47 Å². The summed E-state index contributed by atoms with van der Waals surface area (Å²) >= 11 is 0. The normalized spacial score (nSPS) is 27.2. The summed E-state index contributed by atoms with van der Waals surface area (Å²) in [5.74, 6) is 0.669. The highest BCUT2D eigenvalue weighted by atomic mass is 16.5. The summed E-state index contributed by atoms with van der Waals surface area (Å²) in [5.41, 5.74) is 1.39. The number of ether oxygens (including phenoxy) is 2. The summed E-state index contributed by atoms with van der Waals surface area (Å²) in [6.45, 7) is 5.75. The average molecular weight is 519 g/mol. The first-order valence-corrected chi connectivity index (χ1v) is 13.8.